The number of carbonyl (C=O) groups excluding carboxylic acids is 1. The number of amides is 1. The van der Waals surface area contributed by atoms with Gasteiger partial charge < -0.3 is 14.4 Å². The second-order valence-corrected chi connectivity index (χ2v) is 11.0. The maximum atomic E-state index is 14.4. The number of carbonyl (C=O) groups is 1. The van der Waals surface area contributed by atoms with Crippen LogP contribution in [0.1, 0.15) is 88.8 Å². The first-order chi connectivity index (χ1) is 17.0. The Bertz CT molecular complexity index is 1060. The Kier molecular flexibility index (Phi) is 10.3. The van der Waals surface area contributed by atoms with Crippen molar-refractivity contribution in [3.63, 3.8) is 0 Å². The SMILES string of the molecule is CCC=Cc1cc2c(c(P(=O)(OCCCC)OCCCC)c1)-c1ccccc1C2C(=O)NCCC. The van der Waals surface area contributed by atoms with Crippen LogP contribution in [-0.2, 0) is 18.4 Å². The third-order valence-corrected chi connectivity index (χ3v) is 8.18. The molecule has 0 saturated carbocycles. The smallest absolute Gasteiger partial charge is 0.355 e. The summed E-state index contributed by atoms with van der Waals surface area (Å²) in [5.41, 5.74) is 4.45. The van der Waals surface area contributed by atoms with Crippen LogP contribution in [0.3, 0.4) is 0 Å². The molecule has 1 amide bonds. The third kappa shape index (κ3) is 6.33. The van der Waals surface area contributed by atoms with Crippen molar-refractivity contribution < 1.29 is 18.4 Å². The molecule has 0 aromatic heterocycles. The molecule has 3 rings (SSSR count). The number of benzene rings is 2. The van der Waals surface area contributed by atoms with E-state index in [1.807, 2.05) is 43.3 Å². The highest BCUT2D eigenvalue weighted by atomic mass is 31.2. The van der Waals surface area contributed by atoms with Gasteiger partial charge >= 0.3 is 7.60 Å². The van der Waals surface area contributed by atoms with Crippen molar-refractivity contribution in [2.24, 2.45) is 0 Å². The fraction of sp³-hybridized carbons (Fsp3) is 0.483. The molecule has 1 atom stereocenters. The highest BCUT2D eigenvalue weighted by Gasteiger charge is 2.40. The van der Waals surface area contributed by atoms with Crippen molar-refractivity contribution in [3.05, 3.63) is 59.2 Å². The predicted molar refractivity (Wildman–Crippen MR) is 145 cm³/mol. The Morgan fingerprint density at radius 3 is 2.29 bits per heavy atom. The summed E-state index contributed by atoms with van der Waals surface area (Å²) in [6, 6.07) is 11.9. The minimum absolute atomic E-state index is 0.0331. The normalized spacial score (nSPS) is 14.8. The second kappa shape index (κ2) is 13.2. The van der Waals surface area contributed by atoms with Gasteiger partial charge in [0, 0.05) is 12.1 Å². The summed E-state index contributed by atoms with van der Waals surface area (Å²) in [4.78, 5) is 13.4. The lowest BCUT2D eigenvalue weighted by Gasteiger charge is -2.23. The minimum atomic E-state index is -3.63. The van der Waals surface area contributed by atoms with Crippen molar-refractivity contribution in [3.8, 4) is 11.1 Å². The molecule has 0 saturated heterocycles. The molecule has 5 nitrogen and oxygen atoms in total. The van der Waals surface area contributed by atoms with Gasteiger partial charge in [-0.2, -0.15) is 0 Å². The van der Waals surface area contributed by atoms with E-state index in [0.717, 1.165) is 66.3 Å². The standard InChI is InChI=1S/C29H40NO4P/c1-5-9-14-22-20-25-27(23-15-12-13-16-24(23)28(25)29(31)30-17-8-4)26(21-22)35(32,33-18-10-6-2)34-19-11-7-3/h9,12-16,20-21,28H,5-8,10-11,17-19H2,1-4H3,(H,30,31). The van der Waals surface area contributed by atoms with Crippen LogP contribution in [0.5, 0.6) is 0 Å². The molecule has 1 aliphatic carbocycles. The lowest BCUT2D eigenvalue weighted by Crippen LogP contribution is -2.30. The quantitative estimate of drug-likeness (QED) is 0.221. The van der Waals surface area contributed by atoms with Gasteiger partial charge in [-0.1, -0.05) is 77.0 Å². The monoisotopic (exact) mass is 497 g/mol. The number of nitrogens with one attached hydrogen (secondary N) is 1. The van der Waals surface area contributed by atoms with E-state index >= 15 is 0 Å². The van der Waals surface area contributed by atoms with Crippen LogP contribution in [0.15, 0.2) is 42.5 Å². The van der Waals surface area contributed by atoms with Crippen LogP contribution in [0, 0.1) is 0 Å². The molecule has 2 aromatic carbocycles. The molecular weight excluding hydrogens is 457 g/mol. The molecule has 0 spiro atoms. The van der Waals surface area contributed by atoms with E-state index < -0.39 is 13.5 Å². The zero-order chi connectivity index (χ0) is 25.3. The van der Waals surface area contributed by atoms with Gasteiger partial charge in [-0.15, -0.1) is 0 Å². The van der Waals surface area contributed by atoms with Gasteiger partial charge in [0.1, 0.15) is 0 Å². The Labute approximate surface area is 210 Å². The van der Waals surface area contributed by atoms with Crippen molar-refractivity contribution in [2.75, 3.05) is 19.8 Å². The molecule has 2 aromatic rings. The van der Waals surface area contributed by atoms with E-state index in [-0.39, 0.29) is 5.91 Å². The lowest BCUT2D eigenvalue weighted by atomic mass is 9.94. The fourth-order valence-electron chi connectivity index (χ4n) is 4.37. The lowest BCUT2D eigenvalue weighted by molar-refractivity contribution is -0.121. The molecule has 0 bridgehead atoms. The summed E-state index contributed by atoms with van der Waals surface area (Å²) in [7, 11) is -3.63. The van der Waals surface area contributed by atoms with Crippen LogP contribution in [0.2, 0.25) is 0 Å². The maximum absolute atomic E-state index is 14.4. The van der Waals surface area contributed by atoms with Gasteiger partial charge in [0.2, 0.25) is 5.91 Å². The largest absolute Gasteiger partial charge is 0.361 e. The number of rotatable bonds is 14. The van der Waals surface area contributed by atoms with E-state index in [1.54, 1.807) is 0 Å². The summed E-state index contributed by atoms with van der Waals surface area (Å²) in [5, 5.41) is 3.64. The van der Waals surface area contributed by atoms with Crippen molar-refractivity contribution in [1.29, 1.82) is 0 Å². The number of allylic oxidation sites excluding steroid dienone is 1. The average molecular weight is 498 g/mol. The van der Waals surface area contributed by atoms with Gasteiger partial charge in [-0.05, 0) is 60.1 Å². The van der Waals surface area contributed by atoms with Gasteiger partial charge in [-0.3, -0.25) is 9.36 Å². The summed E-state index contributed by atoms with van der Waals surface area (Å²) in [5.74, 6) is -0.490. The van der Waals surface area contributed by atoms with E-state index in [1.165, 1.54) is 0 Å². The Balaban J connectivity index is 2.23. The van der Waals surface area contributed by atoms with Crippen molar-refractivity contribution in [2.45, 2.75) is 72.1 Å². The van der Waals surface area contributed by atoms with Crippen LogP contribution >= 0.6 is 7.60 Å². The molecular formula is C29H40NO4P. The van der Waals surface area contributed by atoms with Gasteiger partial charge in [-0.25, -0.2) is 0 Å². The highest BCUT2D eigenvalue weighted by Crippen LogP contribution is 2.54. The minimum Gasteiger partial charge on any atom is -0.355 e. The zero-order valence-electron chi connectivity index (χ0n) is 21.6. The zero-order valence-corrected chi connectivity index (χ0v) is 22.5. The first-order valence-electron chi connectivity index (χ1n) is 13.1. The fourth-order valence-corrected chi connectivity index (χ4v) is 6.29. The van der Waals surface area contributed by atoms with E-state index in [2.05, 4.69) is 38.2 Å². The van der Waals surface area contributed by atoms with Gasteiger partial charge in [0.05, 0.1) is 24.4 Å². The molecule has 0 aliphatic heterocycles. The topological polar surface area (TPSA) is 64.6 Å². The summed E-state index contributed by atoms with van der Waals surface area (Å²) in [6.45, 7) is 9.63. The number of hydrogen-bond donors (Lipinski definition) is 1. The van der Waals surface area contributed by atoms with Crippen LogP contribution in [-0.4, -0.2) is 25.7 Å². The molecule has 190 valence electrons. The van der Waals surface area contributed by atoms with Gasteiger partial charge in [0.25, 0.3) is 0 Å². The molecule has 0 fully saturated rings. The summed E-state index contributed by atoms with van der Waals surface area (Å²) < 4.78 is 26.6. The molecule has 0 heterocycles. The molecule has 6 heteroatoms. The molecule has 0 radical (unpaired) electrons. The van der Waals surface area contributed by atoms with E-state index in [0.29, 0.717) is 25.1 Å². The average Bonchev–Trinajstić information content (AvgIpc) is 3.20. The Morgan fingerprint density at radius 2 is 1.66 bits per heavy atom. The van der Waals surface area contributed by atoms with E-state index in [9.17, 15) is 9.36 Å². The van der Waals surface area contributed by atoms with Crippen LogP contribution in [0.4, 0.5) is 0 Å². The van der Waals surface area contributed by atoms with E-state index in [4.69, 9.17) is 9.05 Å². The summed E-state index contributed by atoms with van der Waals surface area (Å²) in [6.07, 6.45) is 9.32. The maximum Gasteiger partial charge on any atom is 0.361 e. The molecule has 1 N–H and O–H groups in total. The Hall–Kier alpha value is -2.20. The van der Waals surface area contributed by atoms with Crippen molar-refractivity contribution >= 4 is 24.9 Å². The number of hydrogen-bond acceptors (Lipinski definition) is 4. The molecule has 35 heavy (non-hydrogen) atoms. The van der Waals surface area contributed by atoms with Gasteiger partial charge in [0.15, 0.2) is 0 Å². The number of fused-ring (bicyclic) bond motifs is 3. The Morgan fingerprint density at radius 1 is 0.971 bits per heavy atom. The van der Waals surface area contributed by atoms with Crippen molar-refractivity contribution in [1.82, 2.24) is 5.32 Å². The van der Waals surface area contributed by atoms with Crippen LogP contribution < -0.4 is 10.6 Å². The second-order valence-electron chi connectivity index (χ2n) is 9.00. The number of unbranched alkanes of at least 4 members (excludes halogenated alkanes) is 2. The van der Waals surface area contributed by atoms with Crippen LogP contribution in [0.25, 0.3) is 17.2 Å². The predicted octanol–water partition coefficient (Wildman–Crippen LogP) is 7.20. The molecule has 1 aliphatic rings. The highest BCUT2D eigenvalue weighted by molar-refractivity contribution is 7.62. The molecule has 1 unspecified atom stereocenters. The first kappa shape index (κ1) is 27.4. The summed E-state index contributed by atoms with van der Waals surface area (Å²) >= 11 is 0. The third-order valence-electron chi connectivity index (χ3n) is 6.19. The first-order valence-corrected chi connectivity index (χ1v) is 14.7.